The highest BCUT2D eigenvalue weighted by molar-refractivity contribution is 5.74. The van der Waals surface area contributed by atoms with Crippen LogP contribution in [0.4, 0.5) is 0 Å². The van der Waals surface area contributed by atoms with E-state index in [0.29, 0.717) is 17.9 Å². The molecular weight excluding hydrogens is 232 g/mol. The number of carbonyl (C=O) groups is 2. The van der Waals surface area contributed by atoms with E-state index >= 15 is 0 Å². The average molecular weight is 250 g/mol. The molecule has 0 saturated heterocycles. The molecular formula is C14H18O4. The van der Waals surface area contributed by atoms with Gasteiger partial charge in [0.15, 0.2) is 0 Å². The summed E-state index contributed by atoms with van der Waals surface area (Å²) < 4.78 is 10.5. The molecule has 0 saturated carbocycles. The molecule has 0 fully saturated rings. The molecule has 18 heavy (non-hydrogen) atoms. The minimum absolute atomic E-state index is 0.249. The zero-order chi connectivity index (χ0) is 13.4. The molecule has 0 bridgehead atoms. The minimum atomic E-state index is -0.303. The van der Waals surface area contributed by atoms with Crippen molar-refractivity contribution in [2.75, 3.05) is 13.2 Å². The SMILES string of the molecule is CCCOC(=O)C(C)COc1ccc(C=O)cc1. The van der Waals surface area contributed by atoms with Crippen molar-refractivity contribution in [3.63, 3.8) is 0 Å². The Kier molecular flexibility index (Phi) is 5.91. The molecule has 0 spiro atoms. The Morgan fingerprint density at radius 1 is 1.33 bits per heavy atom. The van der Waals surface area contributed by atoms with Gasteiger partial charge in [0.2, 0.25) is 0 Å². The van der Waals surface area contributed by atoms with Crippen molar-refractivity contribution in [3.05, 3.63) is 29.8 Å². The molecule has 0 aliphatic heterocycles. The zero-order valence-electron chi connectivity index (χ0n) is 10.7. The fourth-order valence-electron chi connectivity index (χ4n) is 1.28. The van der Waals surface area contributed by atoms with Crippen LogP contribution in [0.1, 0.15) is 30.6 Å². The van der Waals surface area contributed by atoms with Gasteiger partial charge in [0, 0.05) is 5.56 Å². The molecule has 4 nitrogen and oxygen atoms in total. The van der Waals surface area contributed by atoms with Gasteiger partial charge in [0.1, 0.15) is 18.6 Å². The number of rotatable bonds is 7. The van der Waals surface area contributed by atoms with Gasteiger partial charge in [-0.3, -0.25) is 9.59 Å². The van der Waals surface area contributed by atoms with Crippen LogP contribution in [-0.2, 0) is 9.53 Å². The highest BCUT2D eigenvalue weighted by Crippen LogP contribution is 2.12. The van der Waals surface area contributed by atoms with E-state index in [0.717, 1.165) is 12.7 Å². The third-order valence-corrected chi connectivity index (χ3v) is 2.37. The largest absolute Gasteiger partial charge is 0.493 e. The second-order valence-electron chi connectivity index (χ2n) is 4.07. The standard InChI is InChI=1S/C14H18O4/c1-3-8-17-14(16)11(2)10-18-13-6-4-12(9-15)5-7-13/h4-7,9,11H,3,8,10H2,1-2H3. The molecule has 1 aromatic rings. The number of hydrogen-bond donors (Lipinski definition) is 0. The Bertz CT molecular complexity index is 383. The summed E-state index contributed by atoms with van der Waals surface area (Å²) in [6, 6.07) is 6.74. The first-order chi connectivity index (χ1) is 8.67. The van der Waals surface area contributed by atoms with Crippen LogP contribution in [0.5, 0.6) is 5.75 Å². The van der Waals surface area contributed by atoms with Gasteiger partial charge in [-0.15, -0.1) is 0 Å². The van der Waals surface area contributed by atoms with E-state index in [1.807, 2.05) is 6.92 Å². The molecule has 0 N–H and O–H groups in total. The van der Waals surface area contributed by atoms with Crippen LogP contribution >= 0.6 is 0 Å². The first-order valence-electron chi connectivity index (χ1n) is 6.02. The first kappa shape index (κ1) is 14.2. The van der Waals surface area contributed by atoms with Gasteiger partial charge in [-0.25, -0.2) is 0 Å². The maximum Gasteiger partial charge on any atom is 0.312 e. The Morgan fingerprint density at radius 2 is 2.00 bits per heavy atom. The van der Waals surface area contributed by atoms with Gasteiger partial charge in [0.05, 0.1) is 12.5 Å². The smallest absolute Gasteiger partial charge is 0.312 e. The summed E-state index contributed by atoms with van der Waals surface area (Å²) in [5, 5.41) is 0. The molecule has 1 rings (SSSR count). The third-order valence-electron chi connectivity index (χ3n) is 2.37. The molecule has 0 aliphatic rings. The van der Waals surface area contributed by atoms with E-state index in [1.54, 1.807) is 31.2 Å². The van der Waals surface area contributed by atoms with Crippen LogP contribution in [0, 0.1) is 5.92 Å². The monoisotopic (exact) mass is 250 g/mol. The van der Waals surface area contributed by atoms with Crippen LogP contribution < -0.4 is 4.74 Å². The number of ether oxygens (including phenoxy) is 2. The van der Waals surface area contributed by atoms with E-state index in [4.69, 9.17) is 9.47 Å². The summed E-state index contributed by atoms with van der Waals surface area (Å²) in [6.45, 7) is 4.42. The highest BCUT2D eigenvalue weighted by atomic mass is 16.5. The van der Waals surface area contributed by atoms with Crippen LogP contribution in [0.15, 0.2) is 24.3 Å². The molecule has 1 unspecified atom stereocenters. The summed E-state index contributed by atoms with van der Waals surface area (Å²) >= 11 is 0. The minimum Gasteiger partial charge on any atom is -0.493 e. The van der Waals surface area contributed by atoms with Crippen molar-refractivity contribution in [3.8, 4) is 5.75 Å². The normalized spacial score (nSPS) is 11.7. The fourth-order valence-corrected chi connectivity index (χ4v) is 1.28. The molecule has 0 amide bonds. The highest BCUT2D eigenvalue weighted by Gasteiger charge is 2.14. The maximum absolute atomic E-state index is 11.5. The van der Waals surface area contributed by atoms with Gasteiger partial charge in [-0.2, -0.15) is 0 Å². The second kappa shape index (κ2) is 7.48. The van der Waals surface area contributed by atoms with Crippen LogP contribution in [-0.4, -0.2) is 25.5 Å². The van der Waals surface area contributed by atoms with E-state index < -0.39 is 0 Å². The van der Waals surface area contributed by atoms with Crippen molar-refractivity contribution < 1.29 is 19.1 Å². The van der Waals surface area contributed by atoms with Gasteiger partial charge < -0.3 is 9.47 Å². The van der Waals surface area contributed by atoms with Gasteiger partial charge >= 0.3 is 5.97 Å². The van der Waals surface area contributed by atoms with Gasteiger partial charge in [-0.1, -0.05) is 6.92 Å². The van der Waals surface area contributed by atoms with Crippen LogP contribution in [0.2, 0.25) is 0 Å². The van der Waals surface area contributed by atoms with E-state index in [2.05, 4.69) is 0 Å². The number of esters is 1. The maximum atomic E-state index is 11.5. The number of carbonyl (C=O) groups excluding carboxylic acids is 2. The number of hydrogen-bond acceptors (Lipinski definition) is 4. The second-order valence-corrected chi connectivity index (χ2v) is 4.07. The quantitative estimate of drug-likeness (QED) is 0.551. The molecule has 1 atom stereocenters. The lowest BCUT2D eigenvalue weighted by Gasteiger charge is -2.12. The fraction of sp³-hybridized carbons (Fsp3) is 0.429. The van der Waals surface area contributed by atoms with Crippen molar-refractivity contribution >= 4 is 12.3 Å². The summed E-state index contributed by atoms with van der Waals surface area (Å²) in [7, 11) is 0. The third kappa shape index (κ3) is 4.57. The van der Waals surface area contributed by atoms with Crippen molar-refractivity contribution in [2.24, 2.45) is 5.92 Å². The summed E-state index contributed by atoms with van der Waals surface area (Å²) in [4.78, 5) is 21.9. The van der Waals surface area contributed by atoms with E-state index in [9.17, 15) is 9.59 Å². The lowest BCUT2D eigenvalue weighted by molar-refractivity contribution is -0.148. The number of benzene rings is 1. The van der Waals surface area contributed by atoms with Crippen LogP contribution in [0.3, 0.4) is 0 Å². The number of aldehydes is 1. The predicted molar refractivity (Wildman–Crippen MR) is 67.7 cm³/mol. The van der Waals surface area contributed by atoms with Crippen molar-refractivity contribution in [2.45, 2.75) is 20.3 Å². The Hall–Kier alpha value is -1.84. The van der Waals surface area contributed by atoms with E-state index in [1.165, 1.54) is 0 Å². The first-order valence-corrected chi connectivity index (χ1v) is 6.02. The molecule has 0 heterocycles. The van der Waals surface area contributed by atoms with Gasteiger partial charge in [0.25, 0.3) is 0 Å². The lowest BCUT2D eigenvalue weighted by atomic mass is 10.2. The lowest BCUT2D eigenvalue weighted by Crippen LogP contribution is -2.21. The van der Waals surface area contributed by atoms with Gasteiger partial charge in [-0.05, 0) is 37.6 Å². The summed E-state index contributed by atoms with van der Waals surface area (Å²) in [5.74, 6) is 0.0828. The molecule has 1 aromatic carbocycles. The zero-order valence-corrected chi connectivity index (χ0v) is 10.7. The molecule has 0 aromatic heterocycles. The summed E-state index contributed by atoms with van der Waals surface area (Å²) in [6.07, 6.45) is 1.58. The Balaban J connectivity index is 2.39. The van der Waals surface area contributed by atoms with Crippen molar-refractivity contribution in [1.82, 2.24) is 0 Å². The Morgan fingerprint density at radius 3 is 2.56 bits per heavy atom. The predicted octanol–water partition coefficient (Wildman–Crippen LogP) is 2.47. The van der Waals surface area contributed by atoms with Crippen LogP contribution in [0.25, 0.3) is 0 Å². The van der Waals surface area contributed by atoms with Crippen molar-refractivity contribution in [1.29, 1.82) is 0 Å². The molecule has 0 radical (unpaired) electrons. The summed E-state index contributed by atoms with van der Waals surface area (Å²) in [5.41, 5.74) is 0.595. The molecule has 4 heteroatoms. The topological polar surface area (TPSA) is 52.6 Å². The molecule has 0 aliphatic carbocycles. The molecule has 98 valence electrons. The van der Waals surface area contributed by atoms with E-state index in [-0.39, 0.29) is 18.5 Å². The Labute approximate surface area is 107 Å². The average Bonchev–Trinajstić information content (AvgIpc) is 2.42.